The number of benzene rings is 2. The van der Waals surface area contributed by atoms with Gasteiger partial charge in [0.15, 0.2) is 0 Å². The number of nitrogens with zero attached hydrogens (tertiary/aromatic N) is 1. The number of rotatable bonds is 2. The van der Waals surface area contributed by atoms with Gasteiger partial charge in [-0.15, -0.1) is 0 Å². The highest BCUT2D eigenvalue weighted by Gasteiger charge is 2.15. The number of methoxy groups -OCH3 is 1. The van der Waals surface area contributed by atoms with Crippen molar-refractivity contribution < 1.29 is 9.53 Å². The first-order valence-corrected chi connectivity index (χ1v) is 6.05. The van der Waals surface area contributed by atoms with Crippen molar-refractivity contribution in [3.63, 3.8) is 0 Å². The standard InChI is InChI=1S/C16H13NO2/c1-19-16(18)14-11-17(12-7-3-2-4-8-12)15-10-6-5-9-13(14)15/h2-11H,1H3. The van der Waals surface area contributed by atoms with Crippen LogP contribution in [0.15, 0.2) is 60.8 Å². The molecule has 3 heteroatoms. The normalized spacial score (nSPS) is 10.6. The number of aromatic nitrogens is 1. The Morgan fingerprint density at radius 2 is 1.68 bits per heavy atom. The Morgan fingerprint density at radius 3 is 2.42 bits per heavy atom. The Balaban J connectivity index is 2.29. The van der Waals surface area contributed by atoms with E-state index in [1.807, 2.05) is 65.4 Å². The molecule has 0 N–H and O–H groups in total. The molecule has 0 amide bonds. The van der Waals surface area contributed by atoms with Gasteiger partial charge < -0.3 is 9.30 Å². The Kier molecular flexibility index (Phi) is 2.80. The lowest BCUT2D eigenvalue weighted by molar-refractivity contribution is 0.0603. The molecule has 0 aliphatic carbocycles. The van der Waals surface area contributed by atoms with E-state index < -0.39 is 0 Å². The summed E-state index contributed by atoms with van der Waals surface area (Å²) in [5, 5.41) is 0.901. The second-order valence-corrected chi connectivity index (χ2v) is 4.26. The molecule has 0 aliphatic rings. The van der Waals surface area contributed by atoms with Crippen LogP contribution in [0.3, 0.4) is 0 Å². The van der Waals surface area contributed by atoms with Gasteiger partial charge in [-0.05, 0) is 18.2 Å². The quantitative estimate of drug-likeness (QED) is 0.653. The van der Waals surface area contributed by atoms with Crippen molar-refractivity contribution in [1.82, 2.24) is 4.57 Å². The Bertz CT molecular complexity index is 729. The number of carbonyl (C=O) groups is 1. The summed E-state index contributed by atoms with van der Waals surface area (Å²) in [6, 6.07) is 17.7. The highest BCUT2D eigenvalue weighted by molar-refractivity contribution is 6.04. The minimum atomic E-state index is -0.314. The third-order valence-electron chi connectivity index (χ3n) is 3.15. The van der Waals surface area contributed by atoms with E-state index in [1.165, 1.54) is 7.11 Å². The van der Waals surface area contributed by atoms with Crippen molar-refractivity contribution in [3.8, 4) is 5.69 Å². The molecule has 0 atom stereocenters. The molecule has 3 nitrogen and oxygen atoms in total. The van der Waals surface area contributed by atoms with E-state index in [0.29, 0.717) is 5.56 Å². The number of ether oxygens (including phenoxy) is 1. The summed E-state index contributed by atoms with van der Waals surface area (Å²) in [5.41, 5.74) is 2.60. The third-order valence-corrected chi connectivity index (χ3v) is 3.15. The van der Waals surface area contributed by atoms with Crippen LogP contribution >= 0.6 is 0 Å². The van der Waals surface area contributed by atoms with Gasteiger partial charge in [0.25, 0.3) is 0 Å². The molecule has 0 aliphatic heterocycles. The summed E-state index contributed by atoms with van der Waals surface area (Å²) in [7, 11) is 1.40. The summed E-state index contributed by atoms with van der Waals surface area (Å²) in [6.07, 6.45) is 1.83. The molecular formula is C16H13NO2. The average molecular weight is 251 g/mol. The SMILES string of the molecule is COC(=O)c1cn(-c2ccccc2)c2ccccc12. The third kappa shape index (κ3) is 1.89. The van der Waals surface area contributed by atoms with E-state index in [2.05, 4.69) is 0 Å². The van der Waals surface area contributed by atoms with Gasteiger partial charge in [-0.1, -0.05) is 36.4 Å². The zero-order valence-electron chi connectivity index (χ0n) is 10.5. The van der Waals surface area contributed by atoms with Crippen molar-refractivity contribution >= 4 is 16.9 Å². The summed E-state index contributed by atoms with van der Waals surface area (Å²) in [5.74, 6) is -0.314. The molecule has 1 heterocycles. The van der Waals surface area contributed by atoms with Gasteiger partial charge in [-0.2, -0.15) is 0 Å². The fraction of sp³-hybridized carbons (Fsp3) is 0.0625. The number of fused-ring (bicyclic) bond motifs is 1. The second kappa shape index (κ2) is 4.61. The molecule has 0 radical (unpaired) electrons. The molecule has 0 fully saturated rings. The number of hydrogen-bond acceptors (Lipinski definition) is 2. The van der Waals surface area contributed by atoms with Crippen LogP contribution in [0.5, 0.6) is 0 Å². The van der Waals surface area contributed by atoms with E-state index >= 15 is 0 Å². The average Bonchev–Trinajstić information content (AvgIpc) is 2.87. The van der Waals surface area contributed by atoms with Gasteiger partial charge >= 0.3 is 5.97 Å². The van der Waals surface area contributed by atoms with Crippen LogP contribution < -0.4 is 0 Å². The van der Waals surface area contributed by atoms with Crippen molar-refractivity contribution in [2.45, 2.75) is 0 Å². The second-order valence-electron chi connectivity index (χ2n) is 4.26. The molecular weight excluding hydrogens is 238 g/mol. The maximum absolute atomic E-state index is 11.8. The fourth-order valence-electron chi connectivity index (χ4n) is 2.25. The highest BCUT2D eigenvalue weighted by Crippen LogP contribution is 2.25. The monoisotopic (exact) mass is 251 g/mol. The van der Waals surface area contributed by atoms with Gasteiger partial charge in [0.1, 0.15) is 0 Å². The lowest BCUT2D eigenvalue weighted by atomic mass is 10.2. The topological polar surface area (TPSA) is 31.2 Å². The van der Waals surface area contributed by atoms with Crippen LogP contribution in [-0.2, 0) is 4.74 Å². The first-order valence-electron chi connectivity index (χ1n) is 6.05. The van der Waals surface area contributed by atoms with Gasteiger partial charge in [-0.25, -0.2) is 4.79 Å². The number of carbonyl (C=O) groups excluding carboxylic acids is 1. The lowest BCUT2D eigenvalue weighted by Gasteiger charge is -2.04. The Hall–Kier alpha value is -2.55. The molecule has 0 bridgehead atoms. The Morgan fingerprint density at radius 1 is 1.00 bits per heavy atom. The highest BCUT2D eigenvalue weighted by atomic mass is 16.5. The predicted octanol–water partition coefficient (Wildman–Crippen LogP) is 3.42. The van der Waals surface area contributed by atoms with Crippen LogP contribution in [-0.4, -0.2) is 17.6 Å². The number of para-hydroxylation sites is 2. The lowest BCUT2D eigenvalue weighted by Crippen LogP contribution is -1.99. The van der Waals surface area contributed by atoms with Crippen LogP contribution in [0.1, 0.15) is 10.4 Å². The maximum atomic E-state index is 11.8. The van der Waals surface area contributed by atoms with Crippen molar-refractivity contribution in [2.24, 2.45) is 0 Å². The summed E-state index contributed by atoms with van der Waals surface area (Å²) in [4.78, 5) is 11.8. The predicted molar refractivity (Wildman–Crippen MR) is 74.6 cm³/mol. The zero-order valence-corrected chi connectivity index (χ0v) is 10.5. The van der Waals surface area contributed by atoms with Crippen molar-refractivity contribution in [1.29, 1.82) is 0 Å². The minimum absolute atomic E-state index is 0.314. The molecule has 3 rings (SSSR count). The molecule has 2 aromatic carbocycles. The Labute approximate surface area is 111 Å². The van der Waals surface area contributed by atoms with Crippen LogP contribution in [0.4, 0.5) is 0 Å². The molecule has 1 aromatic heterocycles. The molecule has 19 heavy (non-hydrogen) atoms. The van der Waals surface area contributed by atoms with Gasteiger partial charge in [-0.3, -0.25) is 0 Å². The van der Waals surface area contributed by atoms with Gasteiger partial charge in [0, 0.05) is 17.3 Å². The molecule has 3 aromatic rings. The molecule has 0 saturated heterocycles. The first-order chi connectivity index (χ1) is 9.31. The van der Waals surface area contributed by atoms with Crippen LogP contribution in [0, 0.1) is 0 Å². The van der Waals surface area contributed by atoms with E-state index in [1.54, 1.807) is 0 Å². The fourth-order valence-corrected chi connectivity index (χ4v) is 2.25. The van der Waals surface area contributed by atoms with E-state index in [9.17, 15) is 4.79 Å². The molecule has 94 valence electrons. The molecule has 0 spiro atoms. The minimum Gasteiger partial charge on any atom is -0.465 e. The number of esters is 1. The summed E-state index contributed by atoms with van der Waals surface area (Å²) >= 11 is 0. The van der Waals surface area contributed by atoms with Crippen molar-refractivity contribution in [2.75, 3.05) is 7.11 Å². The van der Waals surface area contributed by atoms with E-state index in [0.717, 1.165) is 16.6 Å². The number of hydrogen-bond donors (Lipinski definition) is 0. The zero-order chi connectivity index (χ0) is 13.2. The van der Waals surface area contributed by atoms with Crippen LogP contribution in [0.2, 0.25) is 0 Å². The van der Waals surface area contributed by atoms with Gasteiger partial charge in [0.2, 0.25) is 0 Å². The molecule has 0 unspecified atom stereocenters. The van der Waals surface area contributed by atoms with Gasteiger partial charge in [0.05, 0.1) is 18.2 Å². The maximum Gasteiger partial charge on any atom is 0.340 e. The summed E-state index contributed by atoms with van der Waals surface area (Å²) < 4.78 is 6.84. The van der Waals surface area contributed by atoms with E-state index in [-0.39, 0.29) is 5.97 Å². The molecule has 0 saturated carbocycles. The van der Waals surface area contributed by atoms with Crippen LogP contribution in [0.25, 0.3) is 16.6 Å². The summed E-state index contributed by atoms with van der Waals surface area (Å²) in [6.45, 7) is 0. The largest absolute Gasteiger partial charge is 0.465 e. The van der Waals surface area contributed by atoms with Crippen molar-refractivity contribution in [3.05, 3.63) is 66.4 Å². The smallest absolute Gasteiger partial charge is 0.340 e. The first kappa shape index (κ1) is 11.5. The van der Waals surface area contributed by atoms with E-state index in [4.69, 9.17) is 4.74 Å².